The second-order valence-corrected chi connectivity index (χ2v) is 6.25. The average molecular weight is 308 g/mol. The Balaban J connectivity index is 1.86. The Kier molecular flexibility index (Phi) is 5.43. The van der Waals surface area contributed by atoms with Crippen molar-refractivity contribution >= 4 is 23.6 Å². The van der Waals surface area contributed by atoms with Gasteiger partial charge in [-0.3, -0.25) is 4.79 Å². The summed E-state index contributed by atoms with van der Waals surface area (Å²) in [4.78, 5) is 11.8. The van der Waals surface area contributed by atoms with Gasteiger partial charge in [-0.25, -0.2) is 0 Å². The van der Waals surface area contributed by atoms with Crippen LogP contribution in [0.15, 0.2) is 24.3 Å². The number of amides is 1. The van der Waals surface area contributed by atoms with Crippen molar-refractivity contribution in [1.82, 2.24) is 5.32 Å². The number of halogens is 1. The van der Waals surface area contributed by atoms with Crippen LogP contribution in [0.25, 0.3) is 6.08 Å². The fourth-order valence-electron chi connectivity index (χ4n) is 2.58. The first kappa shape index (κ1) is 16.1. The summed E-state index contributed by atoms with van der Waals surface area (Å²) in [6, 6.07) is 5.67. The summed E-state index contributed by atoms with van der Waals surface area (Å²) < 4.78 is 0. The molecule has 1 amide bonds. The minimum Gasteiger partial charge on any atom is -0.388 e. The standard InChI is InChI=1S/C17H22ClNO2/c1-13-5-6-14(11-15(13)18)7-8-16(20)19-12-17(21)9-3-2-4-10-17/h5-8,11,21H,2-4,9-10,12H2,1H3,(H,19,20). The summed E-state index contributed by atoms with van der Waals surface area (Å²) in [7, 11) is 0. The van der Waals surface area contributed by atoms with E-state index in [4.69, 9.17) is 11.6 Å². The van der Waals surface area contributed by atoms with E-state index >= 15 is 0 Å². The van der Waals surface area contributed by atoms with E-state index in [1.807, 2.05) is 25.1 Å². The molecule has 2 rings (SSSR count). The lowest BCUT2D eigenvalue weighted by molar-refractivity contribution is -0.118. The Bertz CT molecular complexity index is 534. The Labute approximate surface area is 131 Å². The van der Waals surface area contributed by atoms with Gasteiger partial charge in [0.25, 0.3) is 0 Å². The number of aryl methyl sites for hydroxylation is 1. The zero-order valence-corrected chi connectivity index (χ0v) is 13.1. The normalized spacial score (nSPS) is 17.9. The molecule has 4 heteroatoms. The van der Waals surface area contributed by atoms with Crippen LogP contribution in [0.3, 0.4) is 0 Å². The van der Waals surface area contributed by atoms with Crippen LogP contribution in [-0.4, -0.2) is 23.2 Å². The number of carbonyl (C=O) groups excluding carboxylic acids is 1. The van der Waals surface area contributed by atoms with Crippen molar-refractivity contribution < 1.29 is 9.90 Å². The second-order valence-electron chi connectivity index (χ2n) is 5.84. The van der Waals surface area contributed by atoms with Crippen molar-refractivity contribution in [2.75, 3.05) is 6.54 Å². The van der Waals surface area contributed by atoms with E-state index in [0.717, 1.165) is 36.8 Å². The summed E-state index contributed by atoms with van der Waals surface area (Å²) in [6.07, 6.45) is 7.98. The molecule has 1 saturated carbocycles. The topological polar surface area (TPSA) is 49.3 Å². The van der Waals surface area contributed by atoms with E-state index in [2.05, 4.69) is 5.32 Å². The second kappa shape index (κ2) is 7.10. The molecule has 0 radical (unpaired) electrons. The molecule has 1 aliphatic rings. The molecule has 1 fully saturated rings. The van der Waals surface area contributed by atoms with Gasteiger partial charge in [0.05, 0.1) is 5.60 Å². The van der Waals surface area contributed by atoms with Gasteiger partial charge in [-0.2, -0.15) is 0 Å². The Morgan fingerprint density at radius 3 is 2.76 bits per heavy atom. The first-order valence-electron chi connectivity index (χ1n) is 7.43. The summed E-state index contributed by atoms with van der Waals surface area (Å²) in [5, 5.41) is 13.8. The van der Waals surface area contributed by atoms with Crippen LogP contribution in [0.4, 0.5) is 0 Å². The van der Waals surface area contributed by atoms with Crippen LogP contribution in [0.1, 0.15) is 43.2 Å². The Morgan fingerprint density at radius 2 is 2.10 bits per heavy atom. The van der Waals surface area contributed by atoms with Crippen LogP contribution in [0.2, 0.25) is 5.02 Å². The zero-order chi connectivity index (χ0) is 15.3. The molecule has 0 saturated heterocycles. The number of benzene rings is 1. The maximum Gasteiger partial charge on any atom is 0.244 e. The Hall–Kier alpha value is -1.32. The molecule has 0 atom stereocenters. The fraction of sp³-hybridized carbons (Fsp3) is 0.471. The zero-order valence-electron chi connectivity index (χ0n) is 12.4. The third-order valence-electron chi connectivity index (χ3n) is 4.00. The monoisotopic (exact) mass is 307 g/mol. The van der Waals surface area contributed by atoms with Crippen molar-refractivity contribution in [2.24, 2.45) is 0 Å². The molecule has 0 unspecified atom stereocenters. The predicted octanol–water partition coefficient (Wildman–Crippen LogP) is 3.47. The van der Waals surface area contributed by atoms with Gasteiger partial charge in [0, 0.05) is 17.6 Å². The molecule has 0 heterocycles. The van der Waals surface area contributed by atoms with Gasteiger partial charge in [0.1, 0.15) is 0 Å². The lowest BCUT2D eigenvalue weighted by atomic mass is 9.85. The number of nitrogens with one attached hydrogen (secondary N) is 1. The van der Waals surface area contributed by atoms with Crippen LogP contribution in [0.5, 0.6) is 0 Å². The van der Waals surface area contributed by atoms with Gasteiger partial charge in [0.2, 0.25) is 5.91 Å². The molecule has 3 nitrogen and oxygen atoms in total. The SMILES string of the molecule is Cc1ccc(C=CC(=O)NCC2(O)CCCCC2)cc1Cl. The highest BCUT2D eigenvalue weighted by molar-refractivity contribution is 6.31. The highest BCUT2D eigenvalue weighted by Crippen LogP contribution is 2.27. The van der Waals surface area contributed by atoms with E-state index in [1.54, 1.807) is 6.08 Å². The van der Waals surface area contributed by atoms with Gasteiger partial charge in [-0.1, -0.05) is 43.0 Å². The van der Waals surface area contributed by atoms with E-state index in [1.165, 1.54) is 12.5 Å². The average Bonchev–Trinajstić information content (AvgIpc) is 2.47. The van der Waals surface area contributed by atoms with Crippen molar-refractivity contribution in [3.8, 4) is 0 Å². The number of carbonyl (C=O) groups is 1. The van der Waals surface area contributed by atoms with Gasteiger partial charge in [0.15, 0.2) is 0 Å². The molecule has 2 N–H and O–H groups in total. The molecular formula is C17H22ClNO2. The number of aliphatic hydroxyl groups is 1. The molecule has 114 valence electrons. The van der Waals surface area contributed by atoms with E-state index in [0.29, 0.717) is 11.6 Å². The molecule has 1 aromatic rings. The molecule has 1 aliphatic carbocycles. The van der Waals surface area contributed by atoms with Crippen LogP contribution in [0, 0.1) is 6.92 Å². The van der Waals surface area contributed by atoms with Crippen molar-refractivity contribution in [3.63, 3.8) is 0 Å². The van der Waals surface area contributed by atoms with Gasteiger partial charge in [-0.15, -0.1) is 0 Å². The lowest BCUT2D eigenvalue weighted by Crippen LogP contribution is -2.43. The number of hydrogen-bond donors (Lipinski definition) is 2. The quantitative estimate of drug-likeness (QED) is 0.837. The summed E-state index contributed by atoms with van der Waals surface area (Å²) in [5.41, 5.74) is 1.17. The summed E-state index contributed by atoms with van der Waals surface area (Å²) >= 11 is 6.04. The van der Waals surface area contributed by atoms with Gasteiger partial charge < -0.3 is 10.4 Å². The molecule has 0 spiro atoms. The lowest BCUT2D eigenvalue weighted by Gasteiger charge is -2.31. The molecule has 0 bridgehead atoms. The van der Waals surface area contributed by atoms with Crippen LogP contribution < -0.4 is 5.32 Å². The summed E-state index contributed by atoms with van der Waals surface area (Å²) in [6.45, 7) is 2.26. The van der Waals surface area contributed by atoms with Crippen LogP contribution in [-0.2, 0) is 4.79 Å². The number of hydrogen-bond acceptors (Lipinski definition) is 2. The molecule has 21 heavy (non-hydrogen) atoms. The number of rotatable bonds is 4. The van der Waals surface area contributed by atoms with Crippen molar-refractivity contribution in [3.05, 3.63) is 40.4 Å². The summed E-state index contributed by atoms with van der Waals surface area (Å²) in [5.74, 6) is -0.189. The maximum atomic E-state index is 11.8. The minimum absolute atomic E-state index is 0.189. The van der Waals surface area contributed by atoms with Crippen molar-refractivity contribution in [1.29, 1.82) is 0 Å². The minimum atomic E-state index is -0.727. The van der Waals surface area contributed by atoms with Crippen LogP contribution >= 0.6 is 11.6 Å². The van der Waals surface area contributed by atoms with Crippen molar-refractivity contribution in [2.45, 2.75) is 44.6 Å². The van der Waals surface area contributed by atoms with Gasteiger partial charge >= 0.3 is 0 Å². The predicted molar refractivity (Wildman–Crippen MR) is 86.3 cm³/mol. The first-order chi connectivity index (χ1) is 9.98. The molecular weight excluding hydrogens is 286 g/mol. The third kappa shape index (κ3) is 4.87. The third-order valence-corrected chi connectivity index (χ3v) is 4.41. The highest BCUT2D eigenvalue weighted by Gasteiger charge is 2.29. The molecule has 0 aromatic heterocycles. The Morgan fingerprint density at radius 1 is 1.38 bits per heavy atom. The largest absolute Gasteiger partial charge is 0.388 e. The molecule has 0 aliphatic heterocycles. The highest BCUT2D eigenvalue weighted by atomic mass is 35.5. The smallest absolute Gasteiger partial charge is 0.244 e. The van der Waals surface area contributed by atoms with E-state index < -0.39 is 5.60 Å². The van der Waals surface area contributed by atoms with E-state index in [-0.39, 0.29) is 5.91 Å². The first-order valence-corrected chi connectivity index (χ1v) is 7.81. The van der Waals surface area contributed by atoms with E-state index in [9.17, 15) is 9.90 Å². The maximum absolute atomic E-state index is 11.8. The van der Waals surface area contributed by atoms with Gasteiger partial charge in [-0.05, 0) is 43.0 Å². The molecule has 1 aromatic carbocycles. The fourth-order valence-corrected chi connectivity index (χ4v) is 2.77.